The van der Waals surface area contributed by atoms with Gasteiger partial charge in [-0.1, -0.05) is 6.42 Å². The van der Waals surface area contributed by atoms with Crippen LogP contribution in [-0.2, 0) is 10.0 Å². The number of piperidine rings is 2. The average molecular weight is 374 g/mol. The zero-order valence-corrected chi connectivity index (χ0v) is 16.2. The first-order chi connectivity index (χ1) is 12.6. The minimum Gasteiger partial charge on any atom is -0.357 e. The van der Waals surface area contributed by atoms with Crippen molar-refractivity contribution in [2.45, 2.75) is 56.4 Å². The molecule has 0 unspecified atom stereocenters. The van der Waals surface area contributed by atoms with E-state index in [4.69, 9.17) is 4.98 Å². The van der Waals surface area contributed by atoms with Gasteiger partial charge in [0.1, 0.15) is 5.82 Å². The molecule has 5 nitrogen and oxygen atoms in total. The highest BCUT2D eigenvalue weighted by molar-refractivity contribution is 7.89. The lowest BCUT2D eigenvalue weighted by molar-refractivity contribution is 0.268. The zero-order chi connectivity index (χ0) is 18.1. The highest BCUT2D eigenvalue weighted by Gasteiger charge is 2.31. The van der Waals surface area contributed by atoms with E-state index >= 15 is 0 Å². The second-order valence-corrected chi connectivity index (χ2v) is 9.42. The number of hydrogen-bond donors (Lipinski definition) is 0. The normalized spacial score (nSPS) is 22.7. The number of fused-ring (bicyclic) bond motifs is 1. The van der Waals surface area contributed by atoms with E-state index in [-0.39, 0.29) is 6.04 Å². The van der Waals surface area contributed by atoms with Crippen LogP contribution < -0.4 is 4.90 Å². The molecule has 4 rings (SSSR count). The van der Waals surface area contributed by atoms with Gasteiger partial charge in [-0.05, 0) is 69.4 Å². The number of anilines is 1. The minimum absolute atomic E-state index is 0.0732. The Morgan fingerprint density at radius 2 is 1.73 bits per heavy atom. The summed E-state index contributed by atoms with van der Waals surface area (Å²) in [5.41, 5.74) is 0.860. The highest BCUT2D eigenvalue weighted by Crippen LogP contribution is 2.28. The summed E-state index contributed by atoms with van der Waals surface area (Å²) in [6, 6.07) is 9.44. The number of pyridine rings is 1. The first kappa shape index (κ1) is 17.7. The van der Waals surface area contributed by atoms with Crippen LogP contribution in [0.25, 0.3) is 10.9 Å². The van der Waals surface area contributed by atoms with Gasteiger partial charge in [0.15, 0.2) is 0 Å². The van der Waals surface area contributed by atoms with E-state index in [2.05, 4.69) is 4.90 Å². The van der Waals surface area contributed by atoms with Gasteiger partial charge in [0.05, 0.1) is 10.4 Å². The molecule has 26 heavy (non-hydrogen) atoms. The predicted molar refractivity (Wildman–Crippen MR) is 105 cm³/mol. The summed E-state index contributed by atoms with van der Waals surface area (Å²) in [6.45, 7) is 4.73. The van der Waals surface area contributed by atoms with E-state index in [0.29, 0.717) is 11.4 Å². The van der Waals surface area contributed by atoms with Crippen LogP contribution in [0.15, 0.2) is 35.2 Å². The Hall–Kier alpha value is -1.66. The van der Waals surface area contributed by atoms with Crippen LogP contribution in [0.2, 0.25) is 0 Å². The topological polar surface area (TPSA) is 53.5 Å². The van der Waals surface area contributed by atoms with Gasteiger partial charge in [0.2, 0.25) is 10.0 Å². The molecular weight excluding hydrogens is 346 g/mol. The van der Waals surface area contributed by atoms with Crippen molar-refractivity contribution in [1.82, 2.24) is 9.29 Å². The zero-order valence-electron chi connectivity index (χ0n) is 15.4. The Bertz CT molecular complexity index is 891. The number of hydrogen-bond acceptors (Lipinski definition) is 4. The number of sulfonamides is 1. The fourth-order valence-electron chi connectivity index (χ4n) is 4.12. The SMILES string of the molecule is C[C@H]1CCCCN1S(=O)(=O)c1ccc2nc(N3CCCCC3)ccc2c1. The predicted octanol–water partition coefficient (Wildman–Crippen LogP) is 3.79. The summed E-state index contributed by atoms with van der Waals surface area (Å²) in [7, 11) is -3.44. The molecule has 0 amide bonds. The monoisotopic (exact) mass is 373 g/mol. The van der Waals surface area contributed by atoms with E-state index in [1.54, 1.807) is 16.4 Å². The van der Waals surface area contributed by atoms with Crippen molar-refractivity contribution in [3.8, 4) is 0 Å². The molecule has 0 spiro atoms. The number of nitrogens with zero attached hydrogens (tertiary/aromatic N) is 3. The summed E-state index contributed by atoms with van der Waals surface area (Å²) in [5.74, 6) is 0.998. The molecule has 0 aliphatic carbocycles. The Kier molecular flexibility index (Phi) is 4.88. The Morgan fingerprint density at radius 1 is 0.962 bits per heavy atom. The smallest absolute Gasteiger partial charge is 0.243 e. The molecule has 1 atom stereocenters. The molecule has 0 bridgehead atoms. The van der Waals surface area contributed by atoms with E-state index in [0.717, 1.165) is 49.1 Å². The fraction of sp³-hybridized carbons (Fsp3) is 0.550. The molecule has 0 saturated carbocycles. The average Bonchev–Trinajstić information content (AvgIpc) is 2.68. The van der Waals surface area contributed by atoms with Crippen molar-refractivity contribution in [2.75, 3.05) is 24.5 Å². The Morgan fingerprint density at radius 3 is 2.50 bits per heavy atom. The van der Waals surface area contributed by atoms with E-state index in [1.807, 2.05) is 25.1 Å². The first-order valence-corrected chi connectivity index (χ1v) is 11.2. The quantitative estimate of drug-likeness (QED) is 0.821. The van der Waals surface area contributed by atoms with Crippen LogP contribution >= 0.6 is 0 Å². The summed E-state index contributed by atoms with van der Waals surface area (Å²) in [5, 5.41) is 0.886. The van der Waals surface area contributed by atoms with Crippen molar-refractivity contribution in [3.63, 3.8) is 0 Å². The third kappa shape index (κ3) is 3.32. The molecule has 6 heteroatoms. The van der Waals surface area contributed by atoms with Crippen LogP contribution in [0.3, 0.4) is 0 Å². The van der Waals surface area contributed by atoms with Gasteiger partial charge in [-0.15, -0.1) is 0 Å². The molecule has 0 radical (unpaired) electrons. The molecule has 2 aromatic rings. The molecular formula is C20H27N3O2S. The van der Waals surface area contributed by atoms with Crippen molar-refractivity contribution in [1.29, 1.82) is 0 Å². The molecule has 1 aromatic heterocycles. The van der Waals surface area contributed by atoms with Crippen LogP contribution in [0.1, 0.15) is 45.4 Å². The lowest BCUT2D eigenvalue weighted by atomic mass is 10.1. The maximum Gasteiger partial charge on any atom is 0.243 e. The lowest BCUT2D eigenvalue weighted by Crippen LogP contribution is -2.41. The highest BCUT2D eigenvalue weighted by atomic mass is 32.2. The standard InChI is InChI=1S/C20H27N3O2S/c1-16-7-3-6-14-23(16)26(24,25)18-9-10-19-17(15-18)8-11-20(21-19)22-12-4-2-5-13-22/h8-11,15-16H,2-7,12-14H2,1H3/t16-/m0/s1. The molecule has 3 heterocycles. The van der Waals surface area contributed by atoms with Crippen molar-refractivity contribution < 1.29 is 8.42 Å². The molecule has 2 aliphatic rings. The van der Waals surface area contributed by atoms with Gasteiger partial charge < -0.3 is 4.90 Å². The second kappa shape index (κ2) is 7.16. The van der Waals surface area contributed by atoms with Crippen molar-refractivity contribution in [2.24, 2.45) is 0 Å². The minimum atomic E-state index is -3.44. The maximum absolute atomic E-state index is 13.1. The summed E-state index contributed by atoms with van der Waals surface area (Å²) in [4.78, 5) is 7.47. The molecule has 0 N–H and O–H groups in total. The van der Waals surface area contributed by atoms with E-state index < -0.39 is 10.0 Å². The van der Waals surface area contributed by atoms with Gasteiger partial charge in [-0.3, -0.25) is 0 Å². The molecule has 140 valence electrons. The molecule has 2 aliphatic heterocycles. The fourth-order valence-corrected chi connectivity index (χ4v) is 5.85. The third-order valence-corrected chi connectivity index (χ3v) is 7.68. The van der Waals surface area contributed by atoms with Crippen molar-refractivity contribution >= 4 is 26.7 Å². The van der Waals surface area contributed by atoms with Crippen LogP contribution in [0.5, 0.6) is 0 Å². The van der Waals surface area contributed by atoms with Crippen LogP contribution in [0.4, 0.5) is 5.82 Å². The molecule has 1 aromatic carbocycles. The summed E-state index contributed by atoms with van der Waals surface area (Å²) < 4.78 is 27.8. The number of benzene rings is 1. The number of aromatic nitrogens is 1. The van der Waals surface area contributed by atoms with Gasteiger partial charge in [0.25, 0.3) is 0 Å². The first-order valence-electron chi connectivity index (χ1n) is 9.73. The molecule has 2 saturated heterocycles. The maximum atomic E-state index is 13.1. The van der Waals surface area contributed by atoms with Gasteiger partial charge in [-0.25, -0.2) is 13.4 Å². The molecule has 2 fully saturated rings. The Labute approximate surface area is 156 Å². The van der Waals surface area contributed by atoms with Crippen LogP contribution in [0, 0.1) is 0 Å². The largest absolute Gasteiger partial charge is 0.357 e. The van der Waals surface area contributed by atoms with Gasteiger partial charge in [-0.2, -0.15) is 4.31 Å². The van der Waals surface area contributed by atoms with Crippen molar-refractivity contribution in [3.05, 3.63) is 30.3 Å². The summed E-state index contributed by atoms with van der Waals surface area (Å²) in [6.07, 6.45) is 6.70. The van der Waals surface area contributed by atoms with Crippen LogP contribution in [-0.4, -0.2) is 43.4 Å². The van der Waals surface area contributed by atoms with Gasteiger partial charge >= 0.3 is 0 Å². The van der Waals surface area contributed by atoms with E-state index in [1.165, 1.54) is 19.3 Å². The lowest BCUT2D eigenvalue weighted by Gasteiger charge is -2.32. The Balaban J connectivity index is 1.65. The number of rotatable bonds is 3. The summed E-state index contributed by atoms with van der Waals surface area (Å²) >= 11 is 0. The second-order valence-electron chi connectivity index (χ2n) is 7.53. The van der Waals surface area contributed by atoms with Gasteiger partial charge in [0, 0.05) is 31.1 Å². The van der Waals surface area contributed by atoms with E-state index in [9.17, 15) is 8.42 Å². The third-order valence-electron chi connectivity index (χ3n) is 5.67.